The molecule has 1 aromatic carbocycles. The second-order valence-corrected chi connectivity index (χ2v) is 4.43. The Morgan fingerprint density at radius 3 is 2.94 bits per heavy atom. The van der Waals surface area contributed by atoms with Crippen molar-refractivity contribution in [3.05, 3.63) is 24.3 Å². The lowest BCUT2D eigenvalue weighted by molar-refractivity contribution is -0.305. The van der Waals surface area contributed by atoms with E-state index in [1.165, 1.54) is 0 Å². The number of rotatable bonds is 3. The van der Waals surface area contributed by atoms with Crippen LogP contribution in [0.2, 0.25) is 0 Å². The highest BCUT2D eigenvalue weighted by atomic mass is 16.4. The Hall–Kier alpha value is -2.04. The van der Waals surface area contributed by atoms with Crippen molar-refractivity contribution in [2.75, 3.05) is 16.8 Å². The first-order chi connectivity index (χ1) is 8.58. The molecular weight excluding hydrogens is 232 g/mol. The van der Waals surface area contributed by atoms with E-state index < -0.39 is 5.97 Å². The van der Waals surface area contributed by atoms with Crippen LogP contribution in [-0.4, -0.2) is 24.5 Å². The van der Waals surface area contributed by atoms with Crippen LogP contribution in [0.4, 0.5) is 11.4 Å². The molecule has 1 heterocycles. The van der Waals surface area contributed by atoms with Crippen LogP contribution in [0.15, 0.2) is 24.3 Å². The van der Waals surface area contributed by atoms with E-state index in [2.05, 4.69) is 5.32 Å². The molecule has 0 spiro atoms. The van der Waals surface area contributed by atoms with Gasteiger partial charge in [-0.25, -0.2) is 0 Å². The van der Waals surface area contributed by atoms with Crippen molar-refractivity contribution < 1.29 is 14.7 Å². The van der Waals surface area contributed by atoms with Gasteiger partial charge in [-0.1, -0.05) is 12.1 Å². The van der Waals surface area contributed by atoms with Crippen molar-refractivity contribution in [1.29, 1.82) is 0 Å². The number of carbonyl (C=O) groups excluding carboxylic acids is 2. The van der Waals surface area contributed by atoms with Crippen molar-refractivity contribution in [2.45, 2.75) is 25.8 Å². The second-order valence-electron chi connectivity index (χ2n) is 4.43. The topological polar surface area (TPSA) is 72.5 Å². The van der Waals surface area contributed by atoms with Gasteiger partial charge in [0.1, 0.15) is 0 Å². The molecule has 2 rings (SSSR count). The fourth-order valence-electron chi connectivity index (χ4n) is 2.20. The average molecular weight is 247 g/mol. The first-order valence-electron chi connectivity index (χ1n) is 5.93. The van der Waals surface area contributed by atoms with Crippen LogP contribution in [0.5, 0.6) is 0 Å². The first-order valence-corrected chi connectivity index (χ1v) is 5.93. The molecule has 5 nitrogen and oxygen atoms in total. The summed E-state index contributed by atoms with van der Waals surface area (Å²) in [6.07, 6.45) is 0.300. The molecule has 96 valence electrons. The van der Waals surface area contributed by atoms with Crippen molar-refractivity contribution in [1.82, 2.24) is 0 Å². The first kappa shape index (κ1) is 12.4. The summed E-state index contributed by atoms with van der Waals surface area (Å²) >= 11 is 0. The van der Waals surface area contributed by atoms with Crippen LogP contribution in [0, 0.1) is 0 Å². The van der Waals surface area contributed by atoms with E-state index in [1.807, 2.05) is 36.1 Å². The minimum absolute atomic E-state index is 0.0343. The van der Waals surface area contributed by atoms with Crippen LogP contribution in [0.1, 0.15) is 19.8 Å². The minimum atomic E-state index is -1.08. The molecule has 0 unspecified atom stereocenters. The van der Waals surface area contributed by atoms with E-state index in [4.69, 9.17) is 0 Å². The van der Waals surface area contributed by atoms with Gasteiger partial charge in [0.2, 0.25) is 5.91 Å². The maximum atomic E-state index is 11.7. The van der Waals surface area contributed by atoms with Gasteiger partial charge < -0.3 is 20.1 Å². The van der Waals surface area contributed by atoms with Crippen molar-refractivity contribution >= 4 is 23.3 Å². The normalized spacial score (nSPS) is 18.8. The summed E-state index contributed by atoms with van der Waals surface area (Å²) in [6.45, 7) is 2.26. The molecule has 1 aliphatic heterocycles. The summed E-state index contributed by atoms with van der Waals surface area (Å²) in [5.74, 6) is -1.13. The third kappa shape index (κ3) is 2.61. The molecule has 0 bridgehead atoms. The maximum Gasteiger partial charge on any atom is 0.226 e. The number of hydrogen-bond donors (Lipinski definition) is 1. The van der Waals surface area contributed by atoms with Crippen LogP contribution in [-0.2, 0) is 9.59 Å². The van der Waals surface area contributed by atoms with Gasteiger partial charge in [-0.05, 0) is 19.1 Å². The molecule has 0 saturated heterocycles. The molecule has 1 aromatic rings. The maximum absolute atomic E-state index is 11.7. The number of nitrogens with zero attached hydrogens (tertiary/aromatic N) is 1. The number of para-hydroxylation sites is 2. The number of carbonyl (C=O) groups is 2. The number of amides is 1. The standard InChI is InChI=1S/C13H16N2O3/c1-9-8-12(16)14-10-4-2-3-5-11(10)15(9)7-6-13(17)18/h2-5,9H,6-8H2,1H3,(H,14,16)(H,17,18)/p-1/t9-/m1/s1. The SMILES string of the molecule is C[C@@H]1CC(=O)Nc2ccccc2N1CCC(=O)[O-]. The van der Waals surface area contributed by atoms with E-state index in [0.717, 1.165) is 11.4 Å². The lowest BCUT2D eigenvalue weighted by atomic mass is 10.1. The number of benzene rings is 1. The van der Waals surface area contributed by atoms with Crippen LogP contribution < -0.4 is 15.3 Å². The summed E-state index contributed by atoms with van der Waals surface area (Å²) in [5, 5.41) is 13.4. The predicted octanol–water partition coefficient (Wildman–Crippen LogP) is 0.364. The van der Waals surface area contributed by atoms with Gasteiger partial charge in [-0.3, -0.25) is 4.79 Å². The van der Waals surface area contributed by atoms with Gasteiger partial charge in [0.05, 0.1) is 11.4 Å². The number of aliphatic carboxylic acids is 1. The van der Waals surface area contributed by atoms with Gasteiger partial charge >= 0.3 is 0 Å². The van der Waals surface area contributed by atoms with Crippen LogP contribution in [0.25, 0.3) is 0 Å². The van der Waals surface area contributed by atoms with Crippen molar-refractivity contribution in [3.8, 4) is 0 Å². The van der Waals surface area contributed by atoms with E-state index in [0.29, 0.717) is 13.0 Å². The quantitative estimate of drug-likeness (QED) is 0.837. The molecule has 0 fully saturated rings. The number of fused-ring (bicyclic) bond motifs is 1. The highest BCUT2D eigenvalue weighted by Gasteiger charge is 2.24. The van der Waals surface area contributed by atoms with E-state index in [1.54, 1.807) is 0 Å². The fraction of sp³-hybridized carbons (Fsp3) is 0.385. The molecule has 0 aromatic heterocycles. The number of carboxylic acid groups (broad SMARTS) is 1. The molecule has 5 heteroatoms. The summed E-state index contributed by atoms with van der Waals surface area (Å²) in [6, 6.07) is 7.37. The zero-order valence-corrected chi connectivity index (χ0v) is 10.2. The number of hydrogen-bond acceptors (Lipinski definition) is 4. The predicted molar refractivity (Wildman–Crippen MR) is 66.1 cm³/mol. The average Bonchev–Trinajstić information content (AvgIpc) is 2.41. The molecular formula is C13H15N2O3-. The van der Waals surface area contributed by atoms with E-state index in [-0.39, 0.29) is 18.4 Å². The van der Waals surface area contributed by atoms with E-state index >= 15 is 0 Å². The third-order valence-electron chi connectivity index (χ3n) is 3.06. The highest BCUT2D eigenvalue weighted by molar-refractivity contribution is 5.96. The number of anilines is 2. The molecule has 0 aliphatic carbocycles. The molecule has 1 aliphatic rings. The van der Waals surface area contributed by atoms with E-state index in [9.17, 15) is 14.7 Å². The monoisotopic (exact) mass is 247 g/mol. The zero-order chi connectivity index (χ0) is 13.1. The third-order valence-corrected chi connectivity index (χ3v) is 3.06. The Balaban J connectivity index is 2.30. The summed E-state index contributed by atoms with van der Waals surface area (Å²) < 4.78 is 0. The lowest BCUT2D eigenvalue weighted by Gasteiger charge is -2.30. The Kier molecular flexibility index (Phi) is 3.50. The Labute approximate surface area is 105 Å². The molecule has 1 atom stereocenters. The Morgan fingerprint density at radius 2 is 2.22 bits per heavy atom. The van der Waals surface area contributed by atoms with Crippen LogP contribution in [0.3, 0.4) is 0 Å². The molecule has 1 amide bonds. The Morgan fingerprint density at radius 1 is 1.50 bits per heavy atom. The summed E-state index contributed by atoms with van der Waals surface area (Å²) in [5.41, 5.74) is 1.59. The minimum Gasteiger partial charge on any atom is -0.550 e. The number of nitrogens with one attached hydrogen (secondary N) is 1. The number of carboxylic acids is 1. The van der Waals surface area contributed by atoms with Crippen LogP contribution >= 0.6 is 0 Å². The summed E-state index contributed by atoms with van der Waals surface area (Å²) in [4.78, 5) is 24.2. The second kappa shape index (κ2) is 5.08. The zero-order valence-electron chi connectivity index (χ0n) is 10.2. The van der Waals surface area contributed by atoms with Gasteiger partial charge in [0.25, 0.3) is 0 Å². The van der Waals surface area contributed by atoms with Gasteiger partial charge in [0.15, 0.2) is 0 Å². The van der Waals surface area contributed by atoms with Gasteiger partial charge in [-0.15, -0.1) is 0 Å². The Bertz CT molecular complexity index is 473. The molecule has 0 radical (unpaired) electrons. The van der Waals surface area contributed by atoms with Crippen molar-refractivity contribution in [3.63, 3.8) is 0 Å². The van der Waals surface area contributed by atoms with Gasteiger partial charge in [-0.2, -0.15) is 0 Å². The fourth-order valence-corrected chi connectivity index (χ4v) is 2.20. The lowest BCUT2D eigenvalue weighted by Crippen LogP contribution is -2.37. The highest BCUT2D eigenvalue weighted by Crippen LogP contribution is 2.30. The largest absolute Gasteiger partial charge is 0.550 e. The molecule has 18 heavy (non-hydrogen) atoms. The van der Waals surface area contributed by atoms with Crippen molar-refractivity contribution in [2.24, 2.45) is 0 Å². The smallest absolute Gasteiger partial charge is 0.226 e. The molecule has 1 N–H and O–H groups in total. The molecule has 0 saturated carbocycles. The van der Waals surface area contributed by atoms with Gasteiger partial charge in [0, 0.05) is 31.4 Å². The summed E-state index contributed by atoms with van der Waals surface area (Å²) in [7, 11) is 0.